The predicted octanol–water partition coefficient (Wildman–Crippen LogP) is 4.83. The van der Waals surface area contributed by atoms with Crippen LogP contribution in [0.15, 0.2) is 66.9 Å². The summed E-state index contributed by atoms with van der Waals surface area (Å²) in [5.41, 5.74) is 1.14. The van der Waals surface area contributed by atoms with Gasteiger partial charge in [0.25, 0.3) is 5.91 Å². The van der Waals surface area contributed by atoms with Crippen molar-refractivity contribution in [3.63, 3.8) is 0 Å². The molecule has 0 saturated carbocycles. The lowest BCUT2D eigenvalue weighted by molar-refractivity contribution is -0.137. The normalized spacial score (nSPS) is 15.1. The molecule has 2 heterocycles. The molecule has 1 aliphatic rings. The summed E-state index contributed by atoms with van der Waals surface area (Å²) in [4.78, 5) is 59.5. The number of hydrogen-bond donors (Lipinski definition) is 2. The van der Waals surface area contributed by atoms with Crippen LogP contribution in [0.4, 0.5) is 10.1 Å². The molecule has 1 unspecified atom stereocenters. The van der Waals surface area contributed by atoms with E-state index < -0.39 is 41.0 Å². The van der Waals surface area contributed by atoms with Gasteiger partial charge in [-0.05, 0) is 41.7 Å². The number of rotatable bonds is 10. The molecule has 4 rings (SSSR count). The fourth-order valence-corrected chi connectivity index (χ4v) is 5.12. The SMILES string of the molecule is CC(C)(CCC(=O)O)CN1C(=O)C(CC(=O)NCc2ccccc2F)N(C(=O)c2ccnc(Cl)c2)Cc2ccccc21. The summed E-state index contributed by atoms with van der Waals surface area (Å²) >= 11 is 6.06. The highest BCUT2D eigenvalue weighted by atomic mass is 35.5. The summed E-state index contributed by atoms with van der Waals surface area (Å²) in [5, 5.41) is 12.0. The lowest BCUT2D eigenvalue weighted by Crippen LogP contribution is -2.52. The van der Waals surface area contributed by atoms with Crippen molar-refractivity contribution in [1.29, 1.82) is 0 Å². The van der Waals surface area contributed by atoms with E-state index in [0.717, 1.165) is 0 Å². The Morgan fingerprint density at radius 2 is 1.83 bits per heavy atom. The van der Waals surface area contributed by atoms with E-state index in [1.54, 1.807) is 47.4 Å². The first-order valence-corrected chi connectivity index (χ1v) is 13.9. The van der Waals surface area contributed by atoms with Gasteiger partial charge in [-0.1, -0.05) is 61.8 Å². The third-order valence-corrected chi connectivity index (χ3v) is 7.41. The zero-order valence-corrected chi connectivity index (χ0v) is 24.1. The van der Waals surface area contributed by atoms with Crippen LogP contribution >= 0.6 is 11.6 Å². The molecule has 0 aliphatic carbocycles. The van der Waals surface area contributed by atoms with Gasteiger partial charge in [-0.2, -0.15) is 0 Å². The first-order chi connectivity index (χ1) is 19.9. The number of carboxylic acids is 1. The second-order valence-electron chi connectivity index (χ2n) is 11.0. The van der Waals surface area contributed by atoms with Crippen molar-refractivity contribution in [1.82, 2.24) is 15.2 Å². The van der Waals surface area contributed by atoms with E-state index >= 15 is 0 Å². The molecule has 1 aliphatic heterocycles. The molecular weight excluding hydrogens is 563 g/mol. The van der Waals surface area contributed by atoms with E-state index in [4.69, 9.17) is 11.6 Å². The van der Waals surface area contributed by atoms with Gasteiger partial charge in [0.2, 0.25) is 11.8 Å². The zero-order chi connectivity index (χ0) is 30.4. The van der Waals surface area contributed by atoms with Crippen molar-refractivity contribution in [2.45, 2.75) is 52.2 Å². The number of carbonyl (C=O) groups excluding carboxylic acids is 3. The Hall–Kier alpha value is -4.31. The van der Waals surface area contributed by atoms with Crippen LogP contribution < -0.4 is 10.2 Å². The average Bonchev–Trinajstić information content (AvgIpc) is 3.06. The van der Waals surface area contributed by atoms with Crippen molar-refractivity contribution < 1.29 is 28.7 Å². The number of anilines is 1. The first-order valence-electron chi connectivity index (χ1n) is 13.5. The molecule has 1 atom stereocenters. The molecule has 1 aromatic heterocycles. The van der Waals surface area contributed by atoms with Gasteiger partial charge < -0.3 is 20.2 Å². The average molecular weight is 595 g/mol. The number of para-hydroxylation sites is 1. The Balaban J connectivity index is 1.70. The number of aromatic nitrogens is 1. The van der Waals surface area contributed by atoms with Gasteiger partial charge >= 0.3 is 5.97 Å². The van der Waals surface area contributed by atoms with Crippen LogP contribution in [0.5, 0.6) is 0 Å². The van der Waals surface area contributed by atoms with Gasteiger partial charge in [0.1, 0.15) is 17.0 Å². The third kappa shape index (κ3) is 7.50. The molecule has 11 heteroatoms. The summed E-state index contributed by atoms with van der Waals surface area (Å²) in [6.45, 7) is 3.83. The van der Waals surface area contributed by atoms with E-state index in [0.29, 0.717) is 17.7 Å². The molecular formula is C31H32ClFN4O5. The zero-order valence-electron chi connectivity index (χ0n) is 23.3. The molecule has 0 spiro atoms. The fourth-order valence-electron chi connectivity index (χ4n) is 4.94. The smallest absolute Gasteiger partial charge is 0.303 e. The van der Waals surface area contributed by atoms with Crippen LogP contribution in [-0.4, -0.2) is 51.3 Å². The number of fused-ring (bicyclic) bond motifs is 1. The number of carboxylic acid groups (broad SMARTS) is 1. The molecule has 3 amide bonds. The van der Waals surface area contributed by atoms with E-state index in [1.165, 1.54) is 29.3 Å². The van der Waals surface area contributed by atoms with Gasteiger partial charge in [0, 0.05) is 49.1 Å². The van der Waals surface area contributed by atoms with Crippen molar-refractivity contribution in [2.24, 2.45) is 5.41 Å². The Morgan fingerprint density at radius 1 is 1.12 bits per heavy atom. The molecule has 0 saturated heterocycles. The Labute approximate surface area is 248 Å². The van der Waals surface area contributed by atoms with Gasteiger partial charge in [0.05, 0.1) is 6.42 Å². The number of aliphatic carboxylic acids is 1. The maximum Gasteiger partial charge on any atom is 0.303 e. The lowest BCUT2D eigenvalue weighted by atomic mass is 9.86. The molecule has 9 nitrogen and oxygen atoms in total. The van der Waals surface area contributed by atoms with Crippen LogP contribution in [0.1, 0.15) is 54.6 Å². The monoisotopic (exact) mass is 594 g/mol. The van der Waals surface area contributed by atoms with E-state index in [1.807, 2.05) is 13.8 Å². The van der Waals surface area contributed by atoms with E-state index in [-0.39, 0.29) is 48.8 Å². The number of nitrogens with one attached hydrogen (secondary N) is 1. The first kappa shape index (κ1) is 30.6. The molecule has 0 radical (unpaired) electrons. The maximum atomic E-state index is 14.3. The molecule has 3 aromatic rings. The number of benzene rings is 2. The minimum Gasteiger partial charge on any atom is -0.481 e. The summed E-state index contributed by atoms with van der Waals surface area (Å²) in [6, 6.07) is 14.9. The van der Waals surface area contributed by atoms with Gasteiger partial charge in [0.15, 0.2) is 0 Å². The highest BCUT2D eigenvalue weighted by molar-refractivity contribution is 6.29. The molecule has 42 heavy (non-hydrogen) atoms. The summed E-state index contributed by atoms with van der Waals surface area (Å²) in [6.07, 6.45) is 1.24. The van der Waals surface area contributed by atoms with Crippen molar-refractivity contribution in [2.75, 3.05) is 11.4 Å². The number of halogens is 2. The number of carbonyl (C=O) groups is 4. The molecule has 0 bridgehead atoms. The molecule has 0 fully saturated rings. The van der Waals surface area contributed by atoms with Crippen LogP contribution in [0, 0.1) is 11.2 Å². The number of amides is 3. The number of hydrogen-bond acceptors (Lipinski definition) is 5. The lowest BCUT2D eigenvalue weighted by Gasteiger charge is -2.35. The predicted molar refractivity (Wildman–Crippen MR) is 155 cm³/mol. The standard InChI is InChI=1S/C31H32ClFN4O5/c1-31(2,13-11-28(39)40)19-37-24-10-6-4-8-22(24)18-36(29(41)20-12-14-34-26(32)15-20)25(30(37)42)16-27(38)35-17-21-7-3-5-9-23(21)33/h3-10,12,14-15,25H,11,13,16-19H2,1-2H3,(H,35,38)(H,39,40). The second kappa shape index (κ2) is 13.1. The van der Waals surface area contributed by atoms with E-state index in [9.17, 15) is 28.7 Å². The molecule has 220 valence electrons. The minimum absolute atomic E-state index is 0.0258. The van der Waals surface area contributed by atoms with Gasteiger partial charge in [-0.3, -0.25) is 19.2 Å². The highest BCUT2D eigenvalue weighted by Crippen LogP contribution is 2.34. The van der Waals surface area contributed by atoms with E-state index in [2.05, 4.69) is 10.3 Å². The summed E-state index contributed by atoms with van der Waals surface area (Å²) < 4.78 is 14.2. The van der Waals surface area contributed by atoms with Gasteiger partial charge in [-0.15, -0.1) is 0 Å². The highest BCUT2D eigenvalue weighted by Gasteiger charge is 2.41. The molecule has 2 aromatic carbocycles. The Morgan fingerprint density at radius 3 is 2.55 bits per heavy atom. The Kier molecular flexibility index (Phi) is 9.57. The second-order valence-corrected chi connectivity index (χ2v) is 11.4. The Bertz CT molecular complexity index is 1500. The van der Waals surface area contributed by atoms with Crippen LogP contribution in [0.3, 0.4) is 0 Å². The summed E-state index contributed by atoms with van der Waals surface area (Å²) in [7, 11) is 0. The number of nitrogens with zero attached hydrogens (tertiary/aromatic N) is 3. The minimum atomic E-state index is -1.22. The van der Waals surface area contributed by atoms with Crippen LogP contribution in [-0.2, 0) is 27.5 Å². The maximum absolute atomic E-state index is 14.3. The van der Waals surface area contributed by atoms with Crippen molar-refractivity contribution in [3.8, 4) is 0 Å². The van der Waals surface area contributed by atoms with Crippen molar-refractivity contribution >= 4 is 41.0 Å². The summed E-state index contributed by atoms with van der Waals surface area (Å²) in [5.74, 6) is -2.96. The largest absolute Gasteiger partial charge is 0.481 e. The molecule has 2 N–H and O–H groups in total. The topological polar surface area (TPSA) is 120 Å². The quantitative estimate of drug-likeness (QED) is 0.325. The van der Waals surface area contributed by atoms with Gasteiger partial charge in [-0.25, -0.2) is 9.37 Å². The van der Waals surface area contributed by atoms with Crippen molar-refractivity contribution in [3.05, 3.63) is 94.5 Å². The van der Waals surface area contributed by atoms with Crippen LogP contribution in [0.2, 0.25) is 5.15 Å². The number of pyridine rings is 1. The third-order valence-electron chi connectivity index (χ3n) is 7.20. The fraction of sp³-hybridized carbons (Fsp3) is 0.323. The van der Waals surface area contributed by atoms with Crippen LogP contribution in [0.25, 0.3) is 0 Å².